The predicted molar refractivity (Wildman–Crippen MR) is 95.4 cm³/mol. The normalized spacial score (nSPS) is 27.7. The topological polar surface area (TPSA) is 37.4 Å². The third-order valence-corrected chi connectivity index (χ3v) is 5.31. The van der Waals surface area contributed by atoms with Gasteiger partial charge in [0.05, 0.1) is 0 Å². The van der Waals surface area contributed by atoms with Crippen molar-refractivity contribution in [2.24, 2.45) is 11.8 Å². The minimum atomic E-state index is -0.127. The first-order valence-corrected chi connectivity index (χ1v) is 8.90. The summed E-state index contributed by atoms with van der Waals surface area (Å²) in [5, 5.41) is 0. The molecule has 124 valence electrons. The van der Waals surface area contributed by atoms with E-state index in [-0.39, 0.29) is 29.7 Å². The zero-order valence-corrected chi connectivity index (χ0v) is 14.3. The maximum absolute atomic E-state index is 13.1. The second kappa shape index (κ2) is 7.37. The smallest absolute Gasteiger partial charge is 0.233 e. The molecule has 1 heterocycles. The molecule has 3 nitrogen and oxygen atoms in total. The summed E-state index contributed by atoms with van der Waals surface area (Å²) >= 11 is 0. The van der Waals surface area contributed by atoms with Crippen molar-refractivity contribution in [3.8, 4) is 0 Å². The van der Waals surface area contributed by atoms with Crippen LogP contribution >= 0.6 is 0 Å². The van der Waals surface area contributed by atoms with Crippen LogP contribution in [-0.4, -0.2) is 30.6 Å². The molecule has 3 atom stereocenters. The van der Waals surface area contributed by atoms with Crippen molar-refractivity contribution in [2.45, 2.75) is 51.5 Å². The highest BCUT2D eigenvalue weighted by atomic mass is 16.2. The molecule has 0 bridgehead atoms. The Labute approximate surface area is 145 Å². The molecular weight excluding hydrogens is 297 g/mol. The lowest BCUT2D eigenvalue weighted by Crippen LogP contribution is -2.51. The van der Waals surface area contributed by atoms with Crippen molar-refractivity contribution in [1.29, 1.82) is 0 Å². The van der Waals surface area contributed by atoms with E-state index in [4.69, 9.17) is 7.85 Å². The van der Waals surface area contributed by atoms with Crippen LogP contribution in [0.2, 0.25) is 0 Å². The number of nitrogens with zero attached hydrogens (tertiary/aromatic N) is 1. The first-order chi connectivity index (χ1) is 11.6. The molecule has 1 saturated heterocycles. The van der Waals surface area contributed by atoms with E-state index in [1.165, 1.54) is 5.56 Å². The van der Waals surface area contributed by atoms with Gasteiger partial charge in [-0.15, -0.1) is 5.47 Å². The van der Waals surface area contributed by atoms with E-state index >= 15 is 0 Å². The van der Waals surface area contributed by atoms with Crippen molar-refractivity contribution in [1.82, 2.24) is 4.90 Å². The lowest BCUT2D eigenvalue weighted by molar-refractivity contribution is -0.153. The van der Waals surface area contributed by atoms with Gasteiger partial charge >= 0.3 is 0 Å². The van der Waals surface area contributed by atoms with Crippen LogP contribution < -0.4 is 0 Å². The fourth-order valence-corrected chi connectivity index (χ4v) is 3.96. The lowest BCUT2D eigenvalue weighted by atomic mass is 9.74. The number of hydrogen-bond donors (Lipinski definition) is 0. The third kappa shape index (κ3) is 3.63. The molecule has 3 rings (SSSR count). The number of piperidine rings is 1. The van der Waals surface area contributed by atoms with E-state index in [1.807, 2.05) is 24.3 Å². The second-order valence-electron chi connectivity index (χ2n) is 7.14. The van der Waals surface area contributed by atoms with Gasteiger partial charge in [0.15, 0.2) is 0 Å². The summed E-state index contributed by atoms with van der Waals surface area (Å²) in [5.41, 5.74) is 2.04. The fraction of sp³-hybridized carbons (Fsp3) is 0.500. The number of imide groups is 1. The summed E-state index contributed by atoms with van der Waals surface area (Å²) < 4.78 is 0. The Morgan fingerprint density at radius 3 is 2.75 bits per heavy atom. The van der Waals surface area contributed by atoms with Crippen molar-refractivity contribution in [2.75, 3.05) is 0 Å². The minimum Gasteiger partial charge on any atom is -0.279 e. The van der Waals surface area contributed by atoms with Crippen LogP contribution in [0.15, 0.2) is 41.9 Å². The highest BCUT2D eigenvalue weighted by Gasteiger charge is 2.38. The highest BCUT2D eigenvalue weighted by Crippen LogP contribution is 2.32. The number of allylic oxidation sites excluding steroid dienone is 2. The largest absolute Gasteiger partial charge is 0.279 e. The van der Waals surface area contributed by atoms with Gasteiger partial charge < -0.3 is 0 Å². The molecule has 1 aromatic rings. The number of amides is 2. The number of carbonyl (C=O) groups is 2. The van der Waals surface area contributed by atoms with E-state index in [2.05, 4.69) is 19.1 Å². The molecule has 2 amide bonds. The van der Waals surface area contributed by atoms with Crippen LogP contribution in [-0.2, 0) is 16.0 Å². The average Bonchev–Trinajstić information content (AvgIpc) is 2.55. The van der Waals surface area contributed by atoms with Gasteiger partial charge in [-0.2, -0.15) is 0 Å². The maximum atomic E-state index is 13.1. The Bertz CT molecular complexity index is 640. The van der Waals surface area contributed by atoms with Crippen LogP contribution in [0.1, 0.15) is 44.6 Å². The van der Waals surface area contributed by atoms with Crippen molar-refractivity contribution < 1.29 is 9.59 Å². The van der Waals surface area contributed by atoms with Gasteiger partial charge in [0.1, 0.15) is 7.85 Å². The minimum absolute atomic E-state index is 0.00289. The molecule has 1 fully saturated rings. The number of rotatable bonds is 3. The Kier molecular flexibility index (Phi) is 5.22. The zero-order valence-electron chi connectivity index (χ0n) is 14.3. The molecule has 24 heavy (non-hydrogen) atoms. The summed E-state index contributed by atoms with van der Waals surface area (Å²) in [6.45, 7) is 2.06. The SMILES string of the molecule is [B]C1=CC[C@@H](C(=O)N2C(=O)CCC[C@H]2Cc2ccccc2)[C@H](C)C1. The molecule has 0 N–H and O–H groups in total. The lowest BCUT2D eigenvalue weighted by Gasteiger charge is -2.38. The van der Waals surface area contributed by atoms with E-state index in [0.29, 0.717) is 12.8 Å². The quantitative estimate of drug-likeness (QED) is 0.633. The summed E-state index contributed by atoms with van der Waals surface area (Å²) in [4.78, 5) is 27.2. The number of benzene rings is 1. The number of likely N-dealkylation sites (tertiary alicyclic amines) is 1. The first-order valence-electron chi connectivity index (χ1n) is 8.90. The van der Waals surface area contributed by atoms with Gasteiger partial charge in [0.25, 0.3) is 0 Å². The predicted octanol–water partition coefficient (Wildman–Crippen LogP) is 3.24. The second-order valence-corrected chi connectivity index (χ2v) is 7.14. The van der Waals surface area contributed by atoms with Gasteiger partial charge in [-0.1, -0.05) is 43.3 Å². The van der Waals surface area contributed by atoms with E-state index in [9.17, 15) is 9.59 Å². The van der Waals surface area contributed by atoms with Crippen LogP contribution in [0.25, 0.3) is 0 Å². The van der Waals surface area contributed by atoms with Gasteiger partial charge in [-0.3, -0.25) is 14.5 Å². The van der Waals surface area contributed by atoms with Crippen LogP contribution in [0, 0.1) is 11.8 Å². The Morgan fingerprint density at radius 2 is 2.04 bits per heavy atom. The monoisotopic (exact) mass is 321 g/mol. The molecule has 1 aliphatic heterocycles. The van der Waals surface area contributed by atoms with Crippen LogP contribution in [0.4, 0.5) is 0 Å². The first kappa shape index (κ1) is 17.0. The maximum Gasteiger partial charge on any atom is 0.233 e. The van der Waals surface area contributed by atoms with E-state index in [0.717, 1.165) is 31.2 Å². The highest BCUT2D eigenvalue weighted by molar-refractivity contribution is 6.21. The Hall–Kier alpha value is -1.84. The summed E-state index contributed by atoms with van der Waals surface area (Å²) in [6.07, 6.45) is 6.32. The molecule has 2 radical (unpaired) electrons. The Morgan fingerprint density at radius 1 is 1.29 bits per heavy atom. The van der Waals surface area contributed by atoms with Gasteiger partial charge in [0, 0.05) is 18.4 Å². The average molecular weight is 321 g/mol. The van der Waals surface area contributed by atoms with Crippen LogP contribution in [0.3, 0.4) is 0 Å². The molecular formula is C20H24BNO2. The molecule has 4 heteroatoms. The Balaban J connectivity index is 1.79. The summed E-state index contributed by atoms with van der Waals surface area (Å²) in [5.74, 6) is 0.0472. The van der Waals surface area contributed by atoms with Gasteiger partial charge in [-0.05, 0) is 43.6 Å². The van der Waals surface area contributed by atoms with Crippen molar-refractivity contribution >= 4 is 19.7 Å². The fourth-order valence-electron chi connectivity index (χ4n) is 3.96. The standard InChI is InChI=1S/C20H24BNO2/c1-14-12-16(21)10-11-18(14)20(24)22-17(8-5-9-19(22)23)13-15-6-3-2-4-7-15/h2-4,6-7,10,14,17-18H,5,8-9,11-13H2,1H3/t14-,17+,18-/m1/s1. The number of hydrogen-bond acceptors (Lipinski definition) is 2. The third-order valence-electron chi connectivity index (χ3n) is 5.31. The van der Waals surface area contributed by atoms with Crippen molar-refractivity contribution in [3.05, 3.63) is 47.4 Å². The zero-order chi connectivity index (χ0) is 17.1. The molecule has 0 saturated carbocycles. The molecule has 2 aliphatic rings. The van der Waals surface area contributed by atoms with Crippen LogP contribution in [0.5, 0.6) is 0 Å². The van der Waals surface area contributed by atoms with Gasteiger partial charge in [0.2, 0.25) is 11.8 Å². The molecule has 0 aromatic heterocycles. The summed E-state index contributed by atoms with van der Waals surface area (Å²) in [7, 11) is 5.89. The van der Waals surface area contributed by atoms with Gasteiger partial charge in [-0.25, -0.2) is 0 Å². The summed E-state index contributed by atoms with van der Waals surface area (Å²) in [6, 6.07) is 10.1. The van der Waals surface area contributed by atoms with E-state index < -0.39 is 0 Å². The molecule has 1 aliphatic carbocycles. The van der Waals surface area contributed by atoms with E-state index in [1.54, 1.807) is 4.90 Å². The molecule has 0 unspecified atom stereocenters. The molecule has 0 spiro atoms. The molecule has 1 aromatic carbocycles. The van der Waals surface area contributed by atoms with Crippen molar-refractivity contribution in [3.63, 3.8) is 0 Å². The number of carbonyl (C=O) groups excluding carboxylic acids is 2.